The molecule has 0 unspecified atom stereocenters. The van der Waals surface area contributed by atoms with Crippen LogP contribution in [0.5, 0.6) is 5.75 Å². The van der Waals surface area contributed by atoms with Crippen molar-refractivity contribution in [3.05, 3.63) is 64.1 Å². The predicted molar refractivity (Wildman–Crippen MR) is 130 cm³/mol. The molecule has 1 saturated carbocycles. The molecule has 0 atom stereocenters. The second kappa shape index (κ2) is 10.6. The molecule has 2 N–H and O–H groups in total. The van der Waals surface area contributed by atoms with Gasteiger partial charge >= 0.3 is 6.03 Å². The quantitative estimate of drug-likeness (QED) is 0.433. The zero-order chi connectivity index (χ0) is 24.1. The number of rotatable bonds is 6. The average Bonchev–Trinajstić information content (AvgIpc) is 2.82. The molecule has 4 rings (SSSR count). The second-order valence-electron chi connectivity index (χ2n) is 8.18. The third kappa shape index (κ3) is 5.53. The molecule has 1 heterocycles. The van der Waals surface area contributed by atoms with E-state index in [0.29, 0.717) is 21.5 Å². The molecule has 9 heteroatoms. The van der Waals surface area contributed by atoms with Crippen LogP contribution in [0.25, 0.3) is 6.08 Å². The number of carbonyl (C=O) groups excluding carboxylic acids is 4. The summed E-state index contributed by atoms with van der Waals surface area (Å²) in [5.74, 6) is -1.16. The Morgan fingerprint density at radius 3 is 2.53 bits per heavy atom. The van der Waals surface area contributed by atoms with Gasteiger partial charge in [-0.15, -0.1) is 0 Å². The van der Waals surface area contributed by atoms with Crippen LogP contribution in [-0.4, -0.2) is 41.3 Å². The number of nitrogens with zero attached hydrogens (tertiary/aromatic N) is 1. The number of carbonyl (C=O) groups is 4. The van der Waals surface area contributed by atoms with Crippen LogP contribution in [0.3, 0.4) is 0 Å². The second-order valence-corrected chi connectivity index (χ2v) is 9.03. The summed E-state index contributed by atoms with van der Waals surface area (Å²) in [4.78, 5) is 51.1. The van der Waals surface area contributed by atoms with Crippen molar-refractivity contribution in [2.75, 3.05) is 11.9 Å². The number of halogens is 1. The van der Waals surface area contributed by atoms with Crippen LogP contribution in [-0.2, 0) is 14.4 Å². The molecule has 0 radical (unpaired) electrons. The Hall–Kier alpha value is -3.46. The van der Waals surface area contributed by atoms with Gasteiger partial charge in [-0.25, -0.2) is 4.79 Å². The average molecular weight is 526 g/mol. The third-order valence-electron chi connectivity index (χ3n) is 5.76. The largest absolute Gasteiger partial charge is 0.483 e. The zero-order valence-electron chi connectivity index (χ0n) is 18.4. The molecular formula is C25H24BrN3O5. The van der Waals surface area contributed by atoms with Gasteiger partial charge in [0.15, 0.2) is 6.61 Å². The van der Waals surface area contributed by atoms with E-state index < -0.39 is 17.8 Å². The highest BCUT2D eigenvalue weighted by molar-refractivity contribution is 9.10. The minimum atomic E-state index is -0.712. The first kappa shape index (κ1) is 23.7. The van der Waals surface area contributed by atoms with Gasteiger partial charge in [0.25, 0.3) is 17.7 Å². The van der Waals surface area contributed by atoms with Crippen LogP contribution >= 0.6 is 15.9 Å². The van der Waals surface area contributed by atoms with Crippen LogP contribution in [0.2, 0.25) is 0 Å². The number of imide groups is 2. The third-order valence-corrected chi connectivity index (χ3v) is 6.38. The molecule has 0 aromatic heterocycles. The molecule has 2 aromatic rings. The van der Waals surface area contributed by atoms with Gasteiger partial charge in [-0.2, -0.15) is 0 Å². The predicted octanol–water partition coefficient (Wildman–Crippen LogP) is 4.26. The van der Waals surface area contributed by atoms with Crippen LogP contribution < -0.4 is 15.4 Å². The summed E-state index contributed by atoms with van der Waals surface area (Å²) in [6.07, 6.45) is 5.93. The number of amides is 5. The fraction of sp³-hybridized carbons (Fsp3) is 0.280. The van der Waals surface area contributed by atoms with Crippen LogP contribution in [0.15, 0.2) is 58.6 Å². The van der Waals surface area contributed by atoms with E-state index in [1.807, 2.05) is 18.2 Å². The first-order chi connectivity index (χ1) is 16.4. The first-order valence-corrected chi connectivity index (χ1v) is 11.9. The molecule has 5 amide bonds. The van der Waals surface area contributed by atoms with E-state index in [2.05, 4.69) is 26.6 Å². The van der Waals surface area contributed by atoms with Crippen LogP contribution in [0.4, 0.5) is 10.5 Å². The smallest absolute Gasteiger partial charge is 0.331 e. The highest BCUT2D eigenvalue weighted by Gasteiger charge is 2.40. The van der Waals surface area contributed by atoms with Gasteiger partial charge in [-0.05, 0) is 64.7 Å². The minimum Gasteiger partial charge on any atom is -0.483 e. The van der Waals surface area contributed by atoms with Gasteiger partial charge in [-0.1, -0.05) is 43.5 Å². The van der Waals surface area contributed by atoms with Crippen LogP contribution in [0, 0.1) is 0 Å². The lowest BCUT2D eigenvalue weighted by Crippen LogP contribution is -2.58. The number of urea groups is 1. The fourth-order valence-corrected chi connectivity index (χ4v) is 4.61. The van der Waals surface area contributed by atoms with E-state index in [9.17, 15) is 19.2 Å². The van der Waals surface area contributed by atoms with E-state index in [4.69, 9.17) is 4.74 Å². The van der Waals surface area contributed by atoms with E-state index in [1.54, 1.807) is 30.3 Å². The Morgan fingerprint density at radius 2 is 1.82 bits per heavy atom. The van der Waals surface area contributed by atoms with Gasteiger partial charge < -0.3 is 10.1 Å². The van der Waals surface area contributed by atoms with Crippen molar-refractivity contribution in [1.29, 1.82) is 0 Å². The van der Waals surface area contributed by atoms with E-state index in [0.717, 1.165) is 32.1 Å². The zero-order valence-corrected chi connectivity index (χ0v) is 20.0. The summed E-state index contributed by atoms with van der Waals surface area (Å²) < 4.78 is 6.14. The number of benzene rings is 2. The summed E-state index contributed by atoms with van der Waals surface area (Å²) in [6.45, 7) is -0.187. The minimum absolute atomic E-state index is 0.0898. The van der Waals surface area contributed by atoms with Gasteiger partial charge in [0.2, 0.25) is 0 Å². The molecule has 0 bridgehead atoms. The maximum Gasteiger partial charge on any atom is 0.331 e. The SMILES string of the molecule is O=C(COc1ccc(C=C2C(=O)NC(=O)N(C3CCCCC3)C2=O)cc1Br)Nc1ccccc1. The van der Waals surface area contributed by atoms with Gasteiger partial charge in [0.1, 0.15) is 11.3 Å². The van der Waals surface area contributed by atoms with Crippen LogP contribution in [0.1, 0.15) is 37.7 Å². The molecule has 1 saturated heterocycles. The van der Waals surface area contributed by atoms with Crippen molar-refractivity contribution in [3.8, 4) is 5.75 Å². The normalized spacial score (nSPS) is 18.1. The maximum absolute atomic E-state index is 13.0. The molecule has 1 aliphatic carbocycles. The number of hydrogen-bond donors (Lipinski definition) is 2. The van der Waals surface area contributed by atoms with Crippen molar-refractivity contribution in [2.45, 2.75) is 38.1 Å². The summed E-state index contributed by atoms with van der Waals surface area (Å²) in [5.41, 5.74) is 1.16. The molecule has 0 spiro atoms. The Balaban J connectivity index is 1.44. The lowest BCUT2D eigenvalue weighted by molar-refractivity contribution is -0.132. The van der Waals surface area contributed by atoms with Gasteiger partial charge in [0.05, 0.1) is 4.47 Å². The maximum atomic E-state index is 13.0. The number of anilines is 1. The Labute approximate surface area is 205 Å². The van der Waals surface area contributed by atoms with Gasteiger partial charge in [0, 0.05) is 11.7 Å². The number of para-hydroxylation sites is 1. The monoisotopic (exact) mass is 525 g/mol. The van der Waals surface area contributed by atoms with Crippen molar-refractivity contribution < 1.29 is 23.9 Å². The van der Waals surface area contributed by atoms with E-state index in [-0.39, 0.29) is 24.1 Å². The summed E-state index contributed by atoms with van der Waals surface area (Å²) in [5, 5.41) is 5.02. The van der Waals surface area contributed by atoms with Crippen molar-refractivity contribution in [3.63, 3.8) is 0 Å². The number of nitrogens with one attached hydrogen (secondary N) is 2. The Morgan fingerprint density at radius 1 is 1.09 bits per heavy atom. The molecule has 1 aliphatic heterocycles. The standard InChI is InChI=1S/C25H24BrN3O5/c26-20-14-16(11-12-21(20)34-15-22(30)27-17-7-3-1-4-8-17)13-19-23(31)28-25(33)29(24(19)32)18-9-5-2-6-10-18/h1,3-4,7-8,11-14,18H,2,5-6,9-10,15H2,(H,27,30)(H,28,31,33). The Kier molecular flexibility index (Phi) is 7.42. The van der Waals surface area contributed by atoms with Crippen molar-refractivity contribution >= 4 is 51.4 Å². The number of ether oxygens (including phenoxy) is 1. The highest BCUT2D eigenvalue weighted by atomic mass is 79.9. The fourth-order valence-electron chi connectivity index (χ4n) is 4.09. The summed E-state index contributed by atoms with van der Waals surface area (Å²) in [6, 6.07) is 13.2. The lowest BCUT2D eigenvalue weighted by Gasteiger charge is -2.35. The molecule has 2 aliphatic rings. The molecular weight excluding hydrogens is 502 g/mol. The molecule has 34 heavy (non-hydrogen) atoms. The number of hydrogen-bond acceptors (Lipinski definition) is 5. The molecule has 8 nitrogen and oxygen atoms in total. The highest BCUT2D eigenvalue weighted by Crippen LogP contribution is 2.29. The molecule has 2 aromatic carbocycles. The van der Waals surface area contributed by atoms with E-state index >= 15 is 0 Å². The molecule has 2 fully saturated rings. The van der Waals surface area contributed by atoms with Gasteiger partial charge in [-0.3, -0.25) is 24.6 Å². The number of barbiturate groups is 1. The first-order valence-electron chi connectivity index (χ1n) is 11.1. The summed E-state index contributed by atoms with van der Waals surface area (Å²) in [7, 11) is 0. The lowest BCUT2D eigenvalue weighted by atomic mass is 9.93. The van der Waals surface area contributed by atoms with Crippen molar-refractivity contribution in [2.24, 2.45) is 0 Å². The molecule has 176 valence electrons. The topological polar surface area (TPSA) is 105 Å². The van der Waals surface area contributed by atoms with E-state index in [1.165, 1.54) is 11.0 Å². The van der Waals surface area contributed by atoms with Crippen molar-refractivity contribution in [1.82, 2.24) is 10.2 Å². The Bertz CT molecular complexity index is 1140. The summed E-state index contributed by atoms with van der Waals surface area (Å²) >= 11 is 3.41.